The fourth-order valence-corrected chi connectivity index (χ4v) is 4.01. The third-order valence-corrected chi connectivity index (χ3v) is 5.44. The van der Waals surface area contributed by atoms with Crippen LogP contribution in [0.3, 0.4) is 0 Å². The SMILES string of the molecule is Cn1cccc1C(=O)N1C[C@@H](Oc2ccccc2)C[C@H]1C(=O)N1CCCC1. The van der Waals surface area contributed by atoms with Crippen LogP contribution >= 0.6 is 0 Å². The summed E-state index contributed by atoms with van der Waals surface area (Å²) in [7, 11) is 1.85. The molecule has 0 N–H and O–H groups in total. The average molecular weight is 367 g/mol. The van der Waals surface area contributed by atoms with Gasteiger partial charge in [-0.15, -0.1) is 0 Å². The van der Waals surface area contributed by atoms with Crippen LogP contribution in [0.4, 0.5) is 0 Å². The van der Waals surface area contributed by atoms with Crippen LogP contribution in [-0.2, 0) is 11.8 Å². The predicted molar refractivity (Wildman–Crippen MR) is 102 cm³/mol. The summed E-state index contributed by atoms with van der Waals surface area (Å²) in [5, 5.41) is 0. The molecule has 3 heterocycles. The van der Waals surface area contributed by atoms with Crippen molar-refractivity contribution in [2.75, 3.05) is 19.6 Å². The molecule has 0 bridgehead atoms. The average Bonchev–Trinajstić information content (AvgIpc) is 3.42. The molecule has 2 saturated heterocycles. The van der Waals surface area contributed by atoms with E-state index in [0.717, 1.165) is 31.7 Å². The normalized spacial score (nSPS) is 22.3. The minimum Gasteiger partial charge on any atom is -0.488 e. The fraction of sp³-hybridized carbons (Fsp3) is 0.429. The van der Waals surface area contributed by atoms with Crippen LogP contribution in [-0.4, -0.2) is 58.0 Å². The zero-order valence-electron chi connectivity index (χ0n) is 15.6. The molecule has 1 aromatic carbocycles. The highest BCUT2D eigenvalue weighted by Crippen LogP contribution is 2.27. The first-order chi connectivity index (χ1) is 13.1. The summed E-state index contributed by atoms with van der Waals surface area (Å²) < 4.78 is 7.87. The Bertz CT molecular complexity index is 811. The molecule has 1 aromatic heterocycles. The van der Waals surface area contributed by atoms with Crippen LogP contribution in [0.25, 0.3) is 0 Å². The van der Waals surface area contributed by atoms with Crippen LogP contribution in [0, 0.1) is 0 Å². The molecule has 2 atom stereocenters. The number of amides is 2. The maximum atomic E-state index is 13.1. The van der Waals surface area contributed by atoms with E-state index in [2.05, 4.69) is 0 Å². The number of aromatic nitrogens is 1. The van der Waals surface area contributed by atoms with Gasteiger partial charge in [-0.2, -0.15) is 0 Å². The molecule has 27 heavy (non-hydrogen) atoms. The van der Waals surface area contributed by atoms with Crippen molar-refractivity contribution in [2.45, 2.75) is 31.4 Å². The lowest BCUT2D eigenvalue weighted by molar-refractivity contribution is -0.134. The molecule has 2 aliphatic heterocycles. The smallest absolute Gasteiger partial charge is 0.271 e. The summed E-state index contributed by atoms with van der Waals surface area (Å²) in [6, 6.07) is 12.8. The Kier molecular flexibility index (Phi) is 4.88. The van der Waals surface area contributed by atoms with Crippen molar-refractivity contribution in [2.24, 2.45) is 7.05 Å². The van der Waals surface area contributed by atoms with E-state index in [1.54, 1.807) is 15.5 Å². The topological polar surface area (TPSA) is 54.8 Å². The number of likely N-dealkylation sites (tertiary alicyclic amines) is 2. The fourth-order valence-electron chi connectivity index (χ4n) is 4.01. The Balaban J connectivity index is 1.56. The maximum Gasteiger partial charge on any atom is 0.271 e. The molecule has 2 fully saturated rings. The molecule has 0 radical (unpaired) electrons. The highest BCUT2D eigenvalue weighted by atomic mass is 16.5. The zero-order valence-corrected chi connectivity index (χ0v) is 15.6. The first-order valence-electron chi connectivity index (χ1n) is 9.56. The van der Waals surface area contributed by atoms with E-state index in [0.29, 0.717) is 18.7 Å². The van der Waals surface area contributed by atoms with E-state index in [1.807, 2.05) is 54.5 Å². The third kappa shape index (κ3) is 3.56. The van der Waals surface area contributed by atoms with Gasteiger partial charge in [-0.3, -0.25) is 9.59 Å². The number of para-hydroxylation sites is 1. The lowest BCUT2D eigenvalue weighted by Gasteiger charge is -2.27. The monoisotopic (exact) mass is 367 g/mol. The zero-order chi connectivity index (χ0) is 18.8. The van der Waals surface area contributed by atoms with Gasteiger partial charge >= 0.3 is 0 Å². The summed E-state index contributed by atoms with van der Waals surface area (Å²) in [6.45, 7) is 1.99. The third-order valence-electron chi connectivity index (χ3n) is 5.44. The lowest BCUT2D eigenvalue weighted by atomic mass is 10.1. The van der Waals surface area contributed by atoms with Crippen LogP contribution in [0.15, 0.2) is 48.7 Å². The minimum absolute atomic E-state index is 0.0502. The quantitative estimate of drug-likeness (QED) is 0.833. The molecule has 142 valence electrons. The Hall–Kier alpha value is -2.76. The second kappa shape index (κ2) is 7.47. The van der Waals surface area contributed by atoms with Crippen LogP contribution < -0.4 is 4.74 Å². The number of nitrogens with zero attached hydrogens (tertiary/aromatic N) is 3. The Morgan fingerprint density at radius 2 is 1.78 bits per heavy atom. The molecule has 0 unspecified atom stereocenters. The molecule has 6 nitrogen and oxygen atoms in total. The van der Waals surface area contributed by atoms with Crippen molar-refractivity contribution in [1.82, 2.24) is 14.4 Å². The van der Waals surface area contributed by atoms with Gasteiger partial charge in [0.1, 0.15) is 23.6 Å². The Morgan fingerprint density at radius 1 is 1.04 bits per heavy atom. The molecule has 0 spiro atoms. The van der Waals surface area contributed by atoms with Gasteiger partial charge < -0.3 is 19.1 Å². The van der Waals surface area contributed by atoms with Gasteiger partial charge in [0.25, 0.3) is 5.91 Å². The second-order valence-corrected chi connectivity index (χ2v) is 7.30. The Morgan fingerprint density at radius 3 is 2.44 bits per heavy atom. The number of hydrogen-bond acceptors (Lipinski definition) is 3. The summed E-state index contributed by atoms with van der Waals surface area (Å²) in [5.41, 5.74) is 0.592. The highest BCUT2D eigenvalue weighted by Gasteiger charge is 2.43. The molecule has 4 rings (SSSR count). The van der Waals surface area contributed by atoms with Gasteiger partial charge in [0.15, 0.2) is 0 Å². The van der Waals surface area contributed by atoms with E-state index in [-0.39, 0.29) is 17.9 Å². The molecule has 0 aliphatic carbocycles. The van der Waals surface area contributed by atoms with Crippen molar-refractivity contribution in [3.63, 3.8) is 0 Å². The van der Waals surface area contributed by atoms with Gasteiger partial charge in [0.2, 0.25) is 5.91 Å². The minimum atomic E-state index is -0.459. The number of aryl methyl sites for hydroxylation is 1. The van der Waals surface area contributed by atoms with Gasteiger partial charge in [-0.25, -0.2) is 0 Å². The summed E-state index contributed by atoms with van der Waals surface area (Å²) in [6.07, 6.45) is 4.26. The number of benzene rings is 1. The first kappa shape index (κ1) is 17.6. The standard InChI is InChI=1S/C21H25N3O3/c1-22-11-7-10-18(22)21(26)24-15-17(27-16-8-3-2-4-9-16)14-19(24)20(25)23-12-5-6-13-23/h2-4,7-11,17,19H,5-6,12-15H2,1H3/t17-,19-/m0/s1. The van der Waals surface area contributed by atoms with Crippen LogP contribution in [0.5, 0.6) is 5.75 Å². The van der Waals surface area contributed by atoms with E-state index in [9.17, 15) is 9.59 Å². The Labute approximate surface area is 159 Å². The highest BCUT2D eigenvalue weighted by molar-refractivity contribution is 5.97. The molecular formula is C21H25N3O3. The molecule has 2 amide bonds. The summed E-state index contributed by atoms with van der Waals surface area (Å²) >= 11 is 0. The van der Waals surface area contributed by atoms with Gasteiger partial charge in [-0.1, -0.05) is 18.2 Å². The van der Waals surface area contributed by atoms with Crippen molar-refractivity contribution >= 4 is 11.8 Å². The predicted octanol–water partition coefficient (Wildman–Crippen LogP) is 2.31. The molecule has 2 aromatic rings. The van der Waals surface area contributed by atoms with Crippen molar-refractivity contribution in [1.29, 1.82) is 0 Å². The molecule has 0 saturated carbocycles. The maximum absolute atomic E-state index is 13.1. The lowest BCUT2D eigenvalue weighted by Crippen LogP contribution is -2.47. The van der Waals surface area contributed by atoms with E-state index in [4.69, 9.17) is 4.74 Å². The summed E-state index contributed by atoms with van der Waals surface area (Å²) in [4.78, 5) is 29.8. The first-order valence-corrected chi connectivity index (χ1v) is 9.56. The van der Waals surface area contributed by atoms with Crippen molar-refractivity contribution < 1.29 is 14.3 Å². The summed E-state index contributed by atoms with van der Waals surface area (Å²) in [5.74, 6) is 0.705. The molecule has 2 aliphatic rings. The van der Waals surface area contributed by atoms with Gasteiger partial charge in [-0.05, 0) is 37.1 Å². The number of rotatable bonds is 4. The van der Waals surface area contributed by atoms with Gasteiger partial charge in [0, 0.05) is 32.8 Å². The molecule has 6 heteroatoms. The number of carbonyl (C=O) groups is 2. The van der Waals surface area contributed by atoms with Crippen LogP contribution in [0.2, 0.25) is 0 Å². The largest absolute Gasteiger partial charge is 0.488 e. The number of hydrogen-bond donors (Lipinski definition) is 0. The van der Waals surface area contributed by atoms with Crippen molar-refractivity contribution in [3.8, 4) is 5.75 Å². The second-order valence-electron chi connectivity index (χ2n) is 7.30. The van der Waals surface area contributed by atoms with Gasteiger partial charge in [0.05, 0.1) is 6.54 Å². The number of carbonyl (C=O) groups excluding carboxylic acids is 2. The van der Waals surface area contributed by atoms with E-state index >= 15 is 0 Å². The number of ether oxygens (including phenoxy) is 1. The van der Waals surface area contributed by atoms with E-state index in [1.165, 1.54) is 0 Å². The van der Waals surface area contributed by atoms with Crippen molar-refractivity contribution in [3.05, 3.63) is 54.4 Å². The van der Waals surface area contributed by atoms with Crippen LogP contribution in [0.1, 0.15) is 29.8 Å². The molecular weight excluding hydrogens is 342 g/mol. The van der Waals surface area contributed by atoms with E-state index < -0.39 is 6.04 Å².